The van der Waals surface area contributed by atoms with E-state index < -0.39 is 0 Å². The van der Waals surface area contributed by atoms with Crippen molar-refractivity contribution in [2.24, 2.45) is 0 Å². The molecule has 0 bridgehead atoms. The molecule has 4 heterocycles. The van der Waals surface area contributed by atoms with E-state index in [2.05, 4.69) is 188 Å². The maximum Gasteiger partial charge on any atom is 0.168 e. The van der Waals surface area contributed by atoms with Gasteiger partial charge in [0.05, 0.1) is 27.6 Å². The van der Waals surface area contributed by atoms with Crippen LogP contribution in [0.1, 0.15) is 0 Å². The topological polar surface area (TPSA) is 45.5 Å². The molecule has 4 aromatic heterocycles. The molecule has 58 heavy (non-hydrogen) atoms. The number of rotatable bonds is 6. The summed E-state index contributed by atoms with van der Waals surface area (Å²) in [4.78, 5) is 0. The number of fused-ring (bicyclic) bond motifs is 7. The Labute approximate surface area is 333 Å². The highest BCUT2D eigenvalue weighted by Crippen LogP contribution is 2.41. The van der Waals surface area contributed by atoms with E-state index in [0.717, 1.165) is 62.1 Å². The van der Waals surface area contributed by atoms with Gasteiger partial charge in [-0.25, -0.2) is 0 Å². The van der Waals surface area contributed by atoms with Gasteiger partial charge in [0.25, 0.3) is 0 Å². The zero-order valence-corrected chi connectivity index (χ0v) is 31.3. The quantitative estimate of drug-likeness (QED) is 0.170. The second-order valence-electron chi connectivity index (χ2n) is 14.8. The van der Waals surface area contributed by atoms with Crippen LogP contribution in [0.4, 0.5) is 0 Å². The lowest BCUT2D eigenvalue weighted by atomic mass is 10.1. The molecular weight excluding hydrogens is 709 g/mol. The fraction of sp³-hybridized carbons (Fsp3) is 0. The van der Waals surface area contributed by atoms with Crippen LogP contribution in [0.5, 0.6) is 0 Å². The van der Waals surface area contributed by atoms with Crippen molar-refractivity contribution in [3.05, 3.63) is 206 Å². The lowest BCUT2D eigenvalue weighted by Crippen LogP contribution is -2.01. The fourth-order valence-corrected chi connectivity index (χ4v) is 8.88. The fourth-order valence-electron chi connectivity index (χ4n) is 8.88. The third-order valence-electron chi connectivity index (χ3n) is 11.5. The Morgan fingerprint density at radius 2 is 0.741 bits per heavy atom. The van der Waals surface area contributed by atoms with E-state index in [4.69, 9.17) is 10.2 Å². The van der Waals surface area contributed by atoms with Gasteiger partial charge in [0.15, 0.2) is 11.6 Å². The van der Waals surface area contributed by atoms with E-state index in [1.165, 1.54) is 38.0 Å². The number of nitrogens with zero attached hydrogens (tertiary/aromatic N) is 6. The van der Waals surface area contributed by atoms with Crippen molar-refractivity contribution >= 4 is 54.5 Å². The maximum absolute atomic E-state index is 4.73. The molecule has 0 N–H and O–H groups in total. The smallest absolute Gasteiger partial charge is 0.168 e. The maximum atomic E-state index is 4.73. The molecule has 0 unspecified atom stereocenters. The Kier molecular flexibility index (Phi) is 7.13. The predicted octanol–water partition coefficient (Wildman–Crippen LogP) is 12.7. The first-order chi connectivity index (χ1) is 28.8. The zero-order valence-electron chi connectivity index (χ0n) is 31.3. The number of benzene rings is 8. The second-order valence-corrected chi connectivity index (χ2v) is 14.8. The van der Waals surface area contributed by atoms with Crippen LogP contribution in [0.25, 0.3) is 100 Å². The van der Waals surface area contributed by atoms with Gasteiger partial charge in [-0.05, 0) is 84.9 Å². The van der Waals surface area contributed by atoms with Gasteiger partial charge >= 0.3 is 0 Å². The second kappa shape index (κ2) is 12.8. The standard InChI is InChI=1S/C52H34N6/c1-5-15-35(16-6-1)51-53-54-52(36-17-7-2-8-18-36)58(51)41-27-25-40(26-28-41)57-48-33-47-37(29-30-55(47)38-19-9-3-10-20-38)31-43(48)45-32-44-42-23-13-14-24-46(42)56(49(44)34-50(45)57)39-21-11-4-12-22-39/h1-34H. The molecule has 0 aliphatic heterocycles. The Balaban J connectivity index is 1.13. The van der Waals surface area contributed by atoms with Crippen LogP contribution in [-0.4, -0.2) is 28.5 Å². The van der Waals surface area contributed by atoms with Gasteiger partial charge in [-0.1, -0.05) is 115 Å². The number of hydrogen-bond acceptors (Lipinski definition) is 2. The summed E-state index contributed by atoms with van der Waals surface area (Å²) in [7, 11) is 0. The van der Waals surface area contributed by atoms with Gasteiger partial charge in [0.1, 0.15) is 0 Å². The summed E-state index contributed by atoms with van der Waals surface area (Å²) < 4.78 is 9.29. The molecule has 12 rings (SSSR count). The summed E-state index contributed by atoms with van der Waals surface area (Å²) in [5, 5.41) is 15.6. The highest BCUT2D eigenvalue weighted by molar-refractivity contribution is 6.20. The summed E-state index contributed by atoms with van der Waals surface area (Å²) >= 11 is 0. The molecule has 6 nitrogen and oxygen atoms in total. The Morgan fingerprint density at radius 3 is 1.36 bits per heavy atom. The highest BCUT2D eigenvalue weighted by atomic mass is 15.3. The first kappa shape index (κ1) is 32.3. The van der Waals surface area contributed by atoms with E-state index in [1.807, 2.05) is 36.4 Å². The van der Waals surface area contributed by atoms with Gasteiger partial charge in [0, 0.05) is 67.0 Å². The summed E-state index contributed by atoms with van der Waals surface area (Å²) in [5.74, 6) is 1.59. The molecule has 0 saturated carbocycles. The van der Waals surface area contributed by atoms with E-state index >= 15 is 0 Å². The summed E-state index contributed by atoms with van der Waals surface area (Å²) in [6.07, 6.45) is 2.18. The van der Waals surface area contributed by atoms with Crippen LogP contribution < -0.4 is 0 Å². The monoisotopic (exact) mass is 742 g/mol. The molecule has 0 fully saturated rings. The van der Waals surface area contributed by atoms with Crippen LogP contribution in [-0.2, 0) is 0 Å². The van der Waals surface area contributed by atoms with Crippen molar-refractivity contribution in [2.75, 3.05) is 0 Å². The van der Waals surface area contributed by atoms with E-state index in [1.54, 1.807) is 0 Å². The molecule has 6 heteroatoms. The van der Waals surface area contributed by atoms with Gasteiger partial charge in [0.2, 0.25) is 0 Å². The molecule has 8 aromatic carbocycles. The molecule has 0 radical (unpaired) electrons. The SMILES string of the molecule is c1ccc(-c2nnc(-c3ccccc3)n2-c2ccc(-n3c4cc5c(ccn5-c5ccccc5)cc4c4cc5c6ccccc6n(-c6ccccc6)c5cc43)cc2)cc1. The Morgan fingerprint density at radius 1 is 0.293 bits per heavy atom. The first-order valence-corrected chi connectivity index (χ1v) is 19.6. The minimum Gasteiger partial charge on any atom is -0.316 e. The lowest BCUT2D eigenvalue weighted by Gasteiger charge is -2.14. The van der Waals surface area contributed by atoms with Crippen molar-refractivity contribution in [3.63, 3.8) is 0 Å². The molecule has 0 saturated heterocycles. The predicted molar refractivity (Wildman–Crippen MR) is 238 cm³/mol. The summed E-state index contributed by atoms with van der Waals surface area (Å²) in [6.45, 7) is 0. The van der Waals surface area contributed by atoms with E-state index in [-0.39, 0.29) is 0 Å². The molecule has 272 valence electrons. The summed E-state index contributed by atoms with van der Waals surface area (Å²) in [6, 6.07) is 71.2. The van der Waals surface area contributed by atoms with E-state index in [0.29, 0.717) is 0 Å². The van der Waals surface area contributed by atoms with Crippen LogP contribution in [0.15, 0.2) is 206 Å². The number of para-hydroxylation sites is 3. The van der Waals surface area contributed by atoms with Crippen molar-refractivity contribution in [2.45, 2.75) is 0 Å². The van der Waals surface area contributed by atoms with Gasteiger partial charge in [-0.3, -0.25) is 4.57 Å². The number of hydrogen-bond donors (Lipinski definition) is 0. The average molecular weight is 743 g/mol. The molecule has 0 atom stereocenters. The third-order valence-corrected chi connectivity index (χ3v) is 11.5. The van der Waals surface area contributed by atoms with Gasteiger partial charge in [-0.2, -0.15) is 0 Å². The molecule has 12 aromatic rings. The average Bonchev–Trinajstić information content (AvgIpc) is 4.07. The van der Waals surface area contributed by atoms with E-state index in [9.17, 15) is 0 Å². The van der Waals surface area contributed by atoms with Crippen LogP contribution in [0.3, 0.4) is 0 Å². The van der Waals surface area contributed by atoms with Crippen molar-refractivity contribution < 1.29 is 0 Å². The number of aromatic nitrogens is 6. The van der Waals surface area contributed by atoms with Crippen molar-refractivity contribution in [1.29, 1.82) is 0 Å². The molecular formula is C52H34N6. The van der Waals surface area contributed by atoms with Gasteiger partial charge < -0.3 is 13.7 Å². The molecule has 0 aliphatic rings. The van der Waals surface area contributed by atoms with Gasteiger partial charge in [-0.15, -0.1) is 10.2 Å². The highest BCUT2D eigenvalue weighted by Gasteiger charge is 2.21. The molecule has 0 amide bonds. The zero-order chi connectivity index (χ0) is 38.2. The van der Waals surface area contributed by atoms with Crippen LogP contribution in [0, 0.1) is 0 Å². The lowest BCUT2D eigenvalue weighted by molar-refractivity contribution is 1.07. The Hall–Kier alpha value is -7.96. The summed E-state index contributed by atoms with van der Waals surface area (Å²) in [5.41, 5.74) is 12.2. The van der Waals surface area contributed by atoms with Crippen molar-refractivity contribution in [3.8, 4) is 45.5 Å². The Bertz CT molecular complexity index is 3410. The van der Waals surface area contributed by atoms with Crippen molar-refractivity contribution in [1.82, 2.24) is 28.5 Å². The normalized spacial score (nSPS) is 11.8. The van der Waals surface area contributed by atoms with Crippen LogP contribution in [0.2, 0.25) is 0 Å². The third kappa shape index (κ3) is 4.92. The minimum atomic E-state index is 0.796. The minimum absolute atomic E-state index is 0.796. The first-order valence-electron chi connectivity index (χ1n) is 19.6. The molecule has 0 aliphatic carbocycles. The van der Waals surface area contributed by atoms with Crippen LogP contribution >= 0.6 is 0 Å². The largest absolute Gasteiger partial charge is 0.316 e. The molecule has 0 spiro atoms.